The van der Waals surface area contributed by atoms with Gasteiger partial charge in [-0.15, -0.1) is 0 Å². The van der Waals surface area contributed by atoms with Gasteiger partial charge in [0.05, 0.1) is 17.3 Å². The highest BCUT2D eigenvalue weighted by molar-refractivity contribution is 5.88. The summed E-state index contributed by atoms with van der Waals surface area (Å²) in [5.41, 5.74) is -0.405. The van der Waals surface area contributed by atoms with Crippen LogP contribution in [0.5, 0.6) is 0 Å². The van der Waals surface area contributed by atoms with Gasteiger partial charge in [-0.1, -0.05) is 0 Å². The Morgan fingerprint density at radius 2 is 2.06 bits per heavy atom. The van der Waals surface area contributed by atoms with Gasteiger partial charge in [0.15, 0.2) is 0 Å². The normalized spacial score (nSPS) is 12.6. The molecule has 1 atom stereocenters. The van der Waals surface area contributed by atoms with Crippen LogP contribution in [0.15, 0.2) is 18.2 Å². The van der Waals surface area contributed by atoms with Gasteiger partial charge in [0, 0.05) is 0 Å². The molecule has 1 aromatic carbocycles. The number of carboxylic acids is 1. The van der Waals surface area contributed by atoms with Crippen molar-refractivity contribution in [3.8, 4) is 0 Å². The average Bonchev–Trinajstić information content (AvgIpc) is 2.20. The molecule has 16 heavy (non-hydrogen) atoms. The third-order valence-corrected chi connectivity index (χ3v) is 1.97. The predicted octanol–water partition coefficient (Wildman–Crippen LogP) is 2.59. The fourth-order valence-electron chi connectivity index (χ4n) is 1.08. The van der Waals surface area contributed by atoms with Gasteiger partial charge in [-0.3, -0.25) is 0 Å². The van der Waals surface area contributed by atoms with Crippen LogP contribution in [0.25, 0.3) is 0 Å². The summed E-state index contributed by atoms with van der Waals surface area (Å²) in [4.78, 5) is 10.6. The molecule has 1 aromatic rings. The first-order valence-electron chi connectivity index (χ1n) is 4.49. The van der Waals surface area contributed by atoms with Crippen molar-refractivity contribution in [3.05, 3.63) is 29.6 Å². The summed E-state index contributed by atoms with van der Waals surface area (Å²) in [7, 11) is 0. The van der Waals surface area contributed by atoms with Crippen molar-refractivity contribution >= 4 is 11.7 Å². The Labute approximate surface area is 89.9 Å². The molecule has 88 valence electrons. The fourth-order valence-corrected chi connectivity index (χ4v) is 1.08. The molecule has 0 aliphatic carbocycles. The second kappa shape index (κ2) is 4.87. The Kier molecular flexibility index (Phi) is 3.76. The third kappa shape index (κ3) is 2.88. The maximum atomic E-state index is 13.2. The maximum Gasteiger partial charge on any atom is 0.335 e. The highest BCUT2D eigenvalue weighted by Gasteiger charge is 2.16. The number of rotatable bonds is 4. The minimum atomic E-state index is -2.66. The SMILES string of the molecule is CC(Nc1cc(C(=O)O)ccc1F)C(F)F. The van der Waals surface area contributed by atoms with Crippen LogP contribution in [0.1, 0.15) is 17.3 Å². The van der Waals surface area contributed by atoms with E-state index in [4.69, 9.17) is 5.11 Å². The lowest BCUT2D eigenvalue weighted by Crippen LogP contribution is -2.24. The molecule has 2 N–H and O–H groups in total. The van der Waals surface area contributed by atoms with Gasteiger partial charge in [0.25, 0.3) is 6.43 Å². The quantitative estimate of drug-likeness (QED) is 0.840. The number of anilines is 1. The van der Waals surface area contributed by atoms with Crippen molar-refractivity contribution in [1.29, 1.82) is 0 Å². The lowest BCUT2D eigenvalue weighted by molar-refractivity contribution is 0.0697. The molecule has 0 heterocycles. The van der Waals surface area contributed by atoms with Crippen LogP contribution >= 0.6 is 0 Å². The molecule has 0 aromatic heterocycles. The zero-order valence-corrected chi connectivity index (χ0v) is 8.38. The topological polar surface area (TPSA) is 49.3 Å². The molecule has 0 spiro atoms. The Hall–Kier alpha value is -1.72. The highest BCUT2D eigenvalue weighted by atomic mass is 19.3. The maximum absolute atomic E-state index is 13.2. The van der Waals surface area contributed by atoms with Crippen molar-refractivity contribution in [2.75, 3.05) is 5.32 Å². The van der Waals surface area contributed by atoms with Crippen LogP contribution in [-0.2, 0) is 0 Å². The number of nitrogens with one attached hydrogen (secondary N) is 1. The number of carbonyl (C=O) groups is 1. The van der Waals surface area contributed by atoms with E-state index >= 15 is 0 Å². The second-order valence-corrected chi connectivity index (χ2v) is 3.27. The van der Waals surface area contributed by atoms with Gasteiger partial charge in [-0.2, -0.15) is 0 Å². The van der Waals surface area contributed by atoms with Crippen LogP contribution in [-0.4, -0.2) is 23.5 Å². The summed E-state index contributed by atoms with van der Waals surface area (Å²) in [5, 5.41) is 10.9. The van der Waals surface area contributed by atoms with Crippen LogP contribution in [0.2, 0.25) is 0 Å². The van der Waals surface area contributed by atoms with E-state index in [1.54, 1.807) is 0 Å². The smallest absolute Gasteiger partial charge is 0.335 e. The molecule has 0 saturated carbocycles. The Bertz CT molecular complexity index is 396. The van der Waals surface area contributed by atoms with Crippen LogP contribution in [0.3, 0.4) is 0 Å². The van der Waals surface area contributed by atoms with E-state index in [1.165, 1.54) is 6.92 Å². The Balaban J connectivity index is 2.94. The monoisotopic (exact) mass is 233 g/mol. The molecule has 0 radical (unpaired) electrons. The van der Waals surface area contributed by atoms with Crippen LogP contribution < -0.4 is 5.32 Å². The summed E-state index contributed by atoms with van der Waals surface area (Å²) in [6.45, 7) is 1.18. The number of aromatic carboxylic acids is 1. The number of hydrogen-bond acceptors (Lipinski definition) is 2. The van der Waals surface area contributed by atoms with E-state index in [2.05, 4.69) is 5.32 Å². The third-order valence-electron chi connectivity index (χ3n) is 1.97. The Morgan fingerprint density at radius 1 is 1.44 bits per heavy atom. The number of hydrogen-bond donors (Lipinski definition) is 2. The van der Waals surface area contributed by atoms with Gasteiger partial charge in [-0.25, -0.2) is 18.0 Å². The molecule has 1 rings (SSSR count). The minimum absolute atomic E-state index is 0.162. The summed E-state index contributed by atoms with van der Waals surface area (Å²) in [5.74, 6) is -2.01. The molecule has 0 saturated heterocycles. The standard InChI is InChI=1S/C10H10F3NO2/c1-5(9(12)13)14-8-4-6(10(15)16)2-3-7(8)11/h2-5,9,14H,1H3,(H,15,16). The molecule has 0 fully saturated rings. The molecule has 0 aliphatic rings. The molecule has 0 bridgehead atoms. The number of benzene rings is 1. The summed E-state index contributed by atoms with van der Waals surface area (Å²) in [6.07, 6.45) is -2.66. The number of alkyl halides is 2. The molecular weight excluding hydrogens is 223 g/mol. The number of carboxylic acid groups (broad SMARTS) is 1. The van der Waals surface area contributed by atoms with Crippen molar-refractivity contribution < 1.29 is 23.1 Å². The largest absolute Gasteiger partial charge is 0.478 e. The van der Waals surface area contributed by atoms with Gasteiger partial charge < -0.3 is 10.4 Å². The molecular formula is C10H10F3NO2. The van der Waals surface area contributed by atoms with Crippen molar-refractivity contribution in [2.24, 2.45) is 0 Å². The van der Waals surface area contributed by atoms with E-state index in [0.717, 1.165) is 18.2 Å². The first kappa shape index (κ1) is 12.4. The van der Waals surface area contributed by atoms with Crippen molar-refractivity contribution in [2.45, 2.75) is 19.4 Å². The highest BCUT2D eigenvalue weighted by Crippen LogP contribution is 2.18. The van der Waals surface area contributed by atoms with Gasteiger partial charge in [0.1, 0.15) is 5.82 Å². The van der Waals surface area contributed by atoms with Crippen molar-refractivity contribution in [3.63, 3.8) is 0 Å². The molecule has 6 heteroatoms. The molecule has 0 amide bonds. The zero-order chi connectivity index (χ0) is 12.3. The van der Waals surface area contributed by atoms with E-state index in [0.29, 0.717) is 0 Å². The molecule has 3 nitrogen and oxygen atoms in total. The first-order chi connectivity index (χ1) is 7.41. The second-order valence-electron chi connectivity index (χ2n) is 3.27. The Morgan fingerprint density at radius 3 is 2.56 bits per heavy atom. The predicted molar refractivity (Wildman–Crippen MR) is 52.4 cm³/mol. The van der Waals surface area contributed by atoms with Crippen LogP contribution in [0, 0.1) is 5.82 Å². The lowest BCUT2D eigenvalue weighted by atomic mass is 10.2. The van der Waals surface area contributed by atoms with E-state index < -0.39 is 24.3 Å². The summed E-state index contributed by atoms with van der Waals surface area (Å²) < 4.78 is 37.6. The van der Waals surface area contributed by atoms with Gasteiger partial charge in [-0.05, 0) is 25.1 Å². The zero-order valence-electron chi connectivity index (χ0n) is 8.38. The lowest BCUT2D eigenvalue weighted by Gasteiger charge is -2.15. The minimum Gasteiger partial charge on any atom is -0.478 e. The van der Waals surface area contributed by atoms with Gasteiger partial charge >= 0.3 is 5.97 Å². The first-order valence-corrected chi connectivity index (χ1v) is 4.49. The summed E-state index contributed by atoms with van der Waals surface area (Å²) in [6, 6.07) is 1.72. The van der Waals surface area contributed by atoms with E-state index in [-0.39, 0.29) is 11.3 Å². The molecule has 1 unspecified atom stereocenters. The summed E-state index contributed by atoms with van der Waals surface area (Å²) >= 11 is 0. The number of halogens is 3. The van der Waals surface area contributed by atoms with E-state index in [1.807, 2.05) is 0 Å². The fraction of sp³-hybridized carbons (Fsp3) is 0.300. The van der Waals surface area contributed by atoms with Gasteiger partial charge in [0.2, 0.25) is 0 Å². The van der Waals surface area contributed by atoms with Crippen molar-refractivity contribution in [1.82, 2.24) is 0 Å². The van der Waals surface area contributed by atoms with Crippen LogP contribution in [0.4, 0.5) is 18.9 Å². The molecule has 0 aliphatic heterocycles. The average molecular weight is 233 g/mol. The van der Waals surface area contributed by atoms with E-state index in [9.17, 15) is 18.0 Å².